The van der Waals surface area contributed by atoms with E-state index in [9.17, 15) is 0 Å². The molecule has 0 aliphatic heterocycles. The molecule has 0 radical (unpaired) electrons. The molecule has 19 heavy (non-hydrogen) atoms. The summed E-state index contributed by atoms with van der Waals surface area (Å²) in [6.07, 6.45) is 1.81. The third-order valence-electron chi connectivity index (χ3n) is 2.59. The van der Waals surface area contributed by atoms with E-state index >= 15 is 0 Å². The zero-order chi connectivity index (χ0) is 13.7. The molecule has 2 N–H and O–H groups in total. The highest BCUT2D eigenvalue weighted by molar-refractivity contribution is 5.37. The zero-order valence-corrected chi connectivity index (χ0v) is 11.3. The summed E-state index contributed by atoms with van der Waals surface area (Å²) >= 11 is 0. The van der Waals surface area contributed by atoms with Crippen LogP contribution in [0.5, 0.6) is 5.75 Å². The second-order valence-corrected chi connectivity index (χ2v) is 4.56. The molecule has 0 saturated heterocycles. The van der Waals surface area contributed by atoms with Crippen molar-refractivity contribution in [3.05, 3.63) is 30.1 Å². The molecule has 2 aromatic rings. The lowest BCUT2D eigenvalue weighted by Crippen LogP contribution is -2.08. The van der Waals surface area contributed by atoms with Crippen LogP contribution in [0.3, 0.4) is 0 Å². The number of nitrogens with two attached hydrogens (primary N) is 1. The molecule has 1 aromatic heterocycles. The van der Waals surface area contributed by atoms with E-state index in [1.165, 1.54) is 0 Å². The van der Waals surface area contributed by atoms with E-state index in [0.717, 1.165) is 30.1 Å². The number of tetrazole rings is 1. The van der Waals surface area contributed by atoms with Crippen molar-refractivity contribution >= 4 is 0 Å². The average molecular weight is 261 g/mol. The van der Waals surface area contributed by atoms with Gasteiger partial charge in [0.1, 0.15) is 5.75 Å². The van der Waals surface area contributed by atoms with Crippen molar-refractivity contribution in [1.82, 2.24) is 20.2 Å². The third-order valence-corrected chi connectivity index (χ3v) is 2.59. The van der Waals surface area contributed by atoms with Crippen LogP contribution in [0.4, 0.5) is 0 Å². The van der Waals surface area contributed by atoms with Gasteiger partial charge in [-0.15, -0.1) is 5.10 Å². The molecule has 0 bridgehead atoms. The molecular weight excluding hydrogens is 242 g/mol. The monoisotopic (exact) mass is 261 g/mol. The van der Waals surface area contributed by atoms with Gasteiger partial charge in [-0.1, -0.05) is 0 Å². The van der Waals surface area contributed by atoms with Crippen LogP contribution in [0.2, 0.25) is 0 Å². The SMILES string of the molecule is CC(C)Oc1ccc(-n2nnnc2CCCN)cc1. The average Bonchev–Trinajstić information content (AvgIpc) is 2.85. The highest BCUT2D eigenvalue weighted by Gasteiger charge is 2.08. The summed E-state index contributed by atoms with van der Waals surface area (Å²) in [5, 5.41) is 11.7. The van der Waals surface area contributed by atoms with E-state index in [1.54, 1.807) is 4.68 Å². The number of hydrogen-bond acceptors (Lipinski definition) is 5. The Morgan fingerprint density at radius 2 is 2.00 bits per heavy atom. The molecule has 1 heterocycles. The quantitative estimate of drug-likeness (QED) is 0.849. The molecule has 1 aromatic carbocycles. The van der Waals surface area contributed by atoms with Gasteiger partial charge in [-0.2, -0.15) is 4.68 Å². The van der Waals surface area contributed by atoms with E-state index in [2.05, 4.69) is 15.5 Å². The number of rotatable bonds is 6. The second kappa shape index (κ2) is 6.29. The zero-order valence-electron chi connectivity index (χ0n) is 11.3. The lowest BCUT2D eigenvalue weighted by Gasteiger charge is -2.10. The summed E-state index contributed by atoms with van der Waals surface area (Å²) in [7, 11) is 0. The van der Waals surface area contributed by atoms with Crippen LogP contribution in [0, 0.1) is 0 Å². The Hall–Kier alpha value is -1.95. The van der Waals surface area contributed by atoms with E-state index in [-0.39, 0.29) is 6.10 Å². The summed E-state index contributed by atoms with van der Waals surface area (Å²) in [5.74, 6) is 1.67. The van der Waals surface area contributed by atoms with Gasteiger partial charge in [0, 0.05) is 6.42 Å². The number of aromatic nitrogens is 4. The first-order valence-corrected chi connectivity index (χ1v) is 6.45. The standard InChI is InChI=1S/C13H19N5O/c1-10(2)19-12-7-5-11(6-8-12)18-13(4-3-9-14)15-16-17-18/h5-8,10H,3-4,9,14H2,1-2H3. The van der Waals surface area contributed by atoms with Crippen molar-refractivity contribution in [2.75, 3.05) is 6.54 Å². The topological polar surface area (TPSA) is 78.8 Å². The maximum Gasteiger partial charge on any atom is 0.156 e. The maximum atomic E-state index is 5.60. The normalized spacial score (nSPS) is 10.9. The van der Waals surface area contributed by atoms with E-state index in [0.29, 0.717) is 6.54 Å². The van der Waals surface area contributed by atoms with Crippen molar-refractivity contribution in [2.45, 2.75) is 32.8 Å². The van der Waals surface area contributed by atoms with Gasteiger partial charge in [0.05, 0.1) is 11.8 Å². The van der Waals surface area contributed by atoms with Crippen molar-refractivity contribution in [2.24, 2.45) is 5.73 Å². The lowest BCUT2D eigenvalue weighted by molar-refractivity contribution is 0.242. The Labute approximate surface area is 112 Å². The minimum Gasteiger partial charge on any atom is -0.491 e. The Balaban J connectivity index is 2.15. The Morgan fingerprint density at radius 3 is 2.63 bits per heavy atom. The first kappa shape index (κ1) is 13.5. The molecule has 0 saturated carbocycles. The van der Waals surface area contributed by atoms with Gasteiger partial charge in [-0.25, -0.2) is 0 Å². The van der Waals surface area contributed by atoms with Crippen LogP contribution in [-0.2, 0) is 6.42 Å². The largest absolute Gasteiger partial charge is 0.491 e. The molecule has 0 unspecified atom stereocenters. The molecule has 0 fully saturated rings. The Kier molecular flexibility index (Phi) is 4.46. The Morgan fingerprint density at radius 1 is 1.26 bits per heavy atom. The van der Waals surface area contributed by atoms with Crippen molar-refractivity contribution in [3.8, 4) is 11.4 Å². The smallest absolute Gasteiger partial charge is 0.156 e. The number of hydrogen-bond donors (Lipinski definition) is 1. The van der Waals surface area contributed by atoms with Crippen LogP contribution in [-0.4, -0.2) is 32.9 Å². The predicted molar refractivity (Wildman–Crippen MR) is 72.3 cm³/mol. The maximum absolute atomic E-state index is 5.60. The minimum absolute atomic E-state index is 0.166. The van der Waals surface area contributed by atoms with E-state index < -0.39 is 0 Å². The van der Waals surface area contributed by atoms with Crippen LogP contribution >= 0.6 is 0 Å². The van der Waals surface area contributed by atoms with Gasteiger partial charge >= 0.3 is 0 Å². The summed E-state index contributed by atoms with van der Waals surface area (Å²) in [6, 6.07) is 7.73. The van der Waals surface area contributed by atoms with E-state index in [1.807, 2.05) is 38.1 Å². The number of ether oxygens (including phenoxy) is 1. The highest BCUT2D eigenvalue weighted by atomic mass is 16.5. The van der Waals surface area contributed by atoms with Gasteiger partial charge in [0.2, 0.25) is 0 Å². The van der Waals surface area contributed by atoms with Crippen LogP contribution < -0.4 is 10.5 Å². The fourth-order valence-corrected chi connectivity index (χ4v) is 1.76. The van der Waals surface area contributed by atoms with Gasteiger partial charge in [-0.05, 0) is 61.5 Å². The fraction of sp³-hybridized carbons (Fsp3) is 0.462. The van der Waals surface area contributed by atoms with Crippen LogP contribution in [0.25, 0.3) is 5.69 Å². The molecule has 0 aliphatic rings. The lowest BCUT2D eigenvalue weighted by atomic mass is 10.2. The molecule has 2 rings (SSSR count). The van der Waals surface area contributed by atoms with Crippen molar-refractivity contribution < 1.29 is 4.74 Å². The van der Waals surface area contributed by atoms with Crippen molar-refractivity contribution in [3.63, 3.8) is 0 Å². The Bertz CT molecular complexity index is 506. The molecule has 6 nitrogen and oxygen atoms in total. The summed E-state index contributed by atoms with van der Waals surface area (Å²) in [6.45, 7) is 4.63. The fourth-order valence-electron chi connectivity index (χ4n) is 1.76. The van der Waals surface area contributed by atoms with Gasteiger partial charge in [0.25, 0.3) is 0 Å². The molecule has 0 spiro atoms. The summed E-state index contributed by atoms with van der Waals surface area (Å²) < 4.78 is 7.34. The first-order chi connectivity index (χ1) is 9.20. The van der Waals surface area contributed by atoms with Crippen molar-refractivity contribution in [1.29, 1.82) is 0 Å². The molecule has 102 valence electrons. The summed E-state index contributed by atoms with van der Waals surface area (Å²) in [5.41, 5.74) is 6.43. The first-order valence-electron chi connectivity index (χ1n) is 6.45. The number of benzene rings is 1. The number of nitrogens with zero attached hydrogens (tertiary/aromatic N) is 4. The third kappa shape index (κ3) is 3.51. The molecular formula is C13H19N5O. The van der Waals surface area contributed by atoms with Gasteiger partial charge in [-0.3, -0.25) is 0 Å². The predicted octanol–water partition coefficient (Wildman–Crippen LogP) is 1.34. The van der Waals surface area contributed by atoms with Gasteiger partial charge < -0.3 is 10.5 Å². The summed E-state index contributed by atoms with van der Waals surface area (Å²) in [4.78, 5) is 0. The van der Waals surface area contributed by atoms with Crippen LogP contribution in [0.1, 0.15) is 26.1 Å². The molecule has 0 amide bonds. The van der Waals surface area contributed by atoms with Gasteiger partial charge in [0.15, 0.2) is 5.82 Å². The molecule has 0 atom stereocenters. The number of aryl methyl sites for hydroxylation is 1. The highest BCUT2D eigenvalue weighted by Crippen LogP contribution is 2.16. The van der Waals surface area contributed by atoms with Crippen LogP contribution in [0.15, 0.2) is 24.3 Å². The van der Waals surface area contributed by atoms with E-state index in [4.69, 9.17) is 10.5 Å². The molecule has 0 aliphatic carbocycles. The minimum atomic E-state index is 0.166. The molecule has 6 heteroatoms. The second-order valence-electron chi connectivity index (χ2n) is 4.56.